The molecule has 0 aliphatic carbocycles. The van der Waals surface area contributed by atoms with Crippen molar-refractivity contribution in [1.29, 1.82) is 0 Å². The van der Waals surface area contributed by atoms with Gasteiger partial charge in [-0.3, -0.25) is 20.7 Å². The van der Waals surface area contributed by atoms with Crippen LogP contribution in [0.5, 0.6) is 0 Å². The summed E-state index contributed by atoms with van der Waals surface area (Å²) in [5.74, 6) is 0.301. The number of aliphatic imine (C=N–C) groups is 1. The molecule has 3 atom stereocenters. The Morgan fingerprint density at radius 2 is 2.00 bits per heavy atom. The first-order chi connectivity index (χ1) is 18.0. The number of pyridine rings is 2. The van der Waals surface area contributed by atoms with Crippen molar-refractivity contribution in [3.63, 3.8) is 0 Å². The fourth-order valence-electron chi connectivity index (χ4n) is 3.72. The summed E-state index contributed by atoms with van der Waals surface area (Å²) in [6, 6.07) is 2.66. The van der Waals surface area contributed by atoms with Crippen LogP contribution in [0.1, 0.15) is 38.3 Å². The highest BCUT2D eigenvalue weighted by molar-refractivity contribution is 8.14. The van der Waals surface area contributed by atoms with E-state index in [4.69, 9.17) is 0 Å². The Bertz CT molecular complexity index is 1130. The van der Waals surface area contributed by atoms with Crippen LogP contribution in [0, 0.1) is 5.92 Å². The molecule has 3 heterocycles. The van der Waals surface area contributed by atoms with E-state index in [1.54, 1.807) is 19.1 Å². The molecular formula is C24H33F3N8O2S. The van der Waals surface area contributed by atoms with E-state index in [9.17, 15) is 23.1 Å². The molecule has 10 nitrogen and oxygen atoms in total. The molecule has 1 aliphatic rings. The highest BCUT2D eigenvalue weighted by atomic mass is 32.2. The highest BCUT2D eigenvalue weighted by Gasteiger charge is 2.43. The van der Waals surface area contributed by atoms with Crippen LogP contribution < -0.4 is 26.8 Å². The number of carbonyl (C=O) groups excluding carboxylic acids is 1. The largest absolute Gasteiger partial charge is 0.411 e. The standard InChI is InChI=1S/C24H33F3N8O2S/c1-5-29-23(37)34-20-9-15(22-33-19(12-38-22)24(25,26)27)16(10-31-20)14-6-7-30-17(8-14)21(36)35-32-11-18(28-4)13(2)3/h6-10,13,18-19,21,28,32,35-36H,5,11-12H2,1-4H3,(H2,29,31,34,37). The molecule has 2 aromatic heterocycles. The van der Waals surface area contributed by atoms with E-state index >= 15 is 0 Å². The van der Waals surface area contributed by atoms with Crippen LogP contribution in [-0.2, 0) is 0 Å². The van der Waals surface area contributed by atoms with Crippen molar-refractivity contribution in [2.45, 2.75) is 45.3 Å². The van der Waals surface area contributed by atoms with Crippen LogP contribution in [0.3, 0.4) is 0 Å². The molecule has 2 aromatic rings. The van der Waals surface area contributed by atoms with Gasteiger partial charge in [-0.25, -0.2) is 15.2 Å². The minimum absolute atomic E-state index is 0.165. The Kier molecular flexibility index (Phi) is 10.4. The minimum atomic E-state index is -4.46. The van der Waals surface area contributed by atoms with Crippen molar-refractivity contribution < 1.29 is 23.1 Å². The van der Waals surface area contributed by atoms with Gasteiger partial charge < -0.3 is 15.7 Å². The van der Waals surface area contributed by atoms with Gasteiger partial charge in [-0.2, -0.15) is 13.2 Å². The first-order valence-corrected chi connectivity index (χ1v) is 13.1. The molecule has 38 heavy (non-hydrogen) atoms. The van der Waals surface area contributed by atoms with Crippen LogP contribution in [-0.4, -0.2) is 70.3 Å². The second-order valence-corrected chi connectivity index (χ2v) is 9.95. The van der Waals surface area contributed by atoms with Gasteiger partial charge in [0.1, 0.15) is 5.82 Å². The number of hydrogen-bond donors (Lipinski definition) is 6. The van der Waals surface area contributed by atoms with Crippen molar-refractivity contribution in [3.8, 4) is 11.1 Å². The fourth-order valence-corrected chi connectivity index (χ4v) is 4.82. The first kappa shape index (κ1) is 29.8. The first-order valence-electron chi connectivity index (χ1n) is 12.2. The van der Waals surface area contributed by atoms with E-state index in [1.165, 1.54) is 18.5 Å². The van der Waals surface area contributed by atoms with Crippen molar-refractivity contribution in [2.75, 3.05) is 31.2 Å². The lowest BCUT2D eigenvalue weighted by atomic mass is 10.0. The molecule has 14 heteroatoms. The molecule has 0 saturated heterocycles. The van der Waals surface area contributed by atoms with Crippen LogP contribution in [0.15, 0.2) is 35.6 Å². The summed E-state index contributed by atoms with van der Waals surface area (Å²) in [7, 11) is 1.86. The monoisotopic (exact) mass is 554 g/mol. The van der Waals surface area contributed by atoms with Gasteiger partial charge in [0.25, 0.3) is 0 Å². The third kappa shape index (κ3) is 7.86. The Labute approximate surface area is 223 Å². The molecule has 6 N–H and O–H groups in total. The SMILES string of the molecule is CCNC(=O)Nc1cc(C2=NC(C(F)(F)F)CS2)c(-c2ccnc(C(O)NNCC(NC)C(C)C)c2)cn1. The quantitative estimate of drug-likeness (QED) is 0.184. The highest BCUT2D eigenvalue weighted by Crippen LogP contribution is 2.37. The summed E-state index contributed by atoms with van der Waals surface area (Å²) in [6.45, 7) is 6.86. The van der Waals surface area contributed by atoms with E-state index in [1.807, 2.05) is 7.05 Å². The average molecular weight is 555 g/mol. The number of rotatable bonds is 11. The van der Waals surface area contributed by atoms with E-state index in [0.29, 0.717) is 41.4 Å². The van der Waals surface area contributed by atoms with E-state index in [-0.39, 0.29) is 22.7 Å². The van der Waals surface area contributed by atoms with Crippen LogP contribution in [0.4, 0.5) is 23.8 Å². The minimum Gasteiger partial charge on any atom is -0.371 e. The number of amides is 2. The number of aliphatic hydroxyl groups is 1. The Balaban J connectivity index is 1.90. The molecule has 2 amide bonds. The molecular weight excluding hydrogens is 521 g/mol. The number of aliphatic hydroxyl groups excluding tert-OH is 1. The third-order valence-electron chi connectivity index (χ3n) is 5.85. The number of alkyl halides is 3. The molecule has 208 valence electrons. The number of hydrazine groups is 1. The summed E-state index contributed by atoms with van der Waals surface area (Å²) >= 11 is 0.986. The van der Waals surface area contributed by atoms with Gasteiger partial charge in [0.05, 0.1) is 10.7 Å². The van der Waals surface area contributed by atoms with Gasteiger partial charge >= 0.3 is 12.2 Å². The summed E-state index contributed by atoms with van der Waals surface area (Å²) in [5.41, 5.74) is 7.54. The zero-order valence-corrected chi connectivity index (χ0v) is 22.4. The van der Waals surface area contributed by atoms with Gasteiger partial charge in [0.2, 0.25) is 0 Å². The normalized spacial score (nSPS) is 17.3. The summed E-state index contributed by atoms with van der Waals surface area (Å²) < 4.78 is 40.0. The molecule has 0 saturated carbocycles. The second-order valence-electron chi connectivity index (χ2n) is 8.94. The summed E-state index contributed by atoms with van der Waals surface area (Å²) in [5, 5.41) is 19.2. The lowest BCUT2D eigenvalue weighted by Gasteiger charge is -2.22. The van der Waals surface area contributed by atoms with Crippen LogP contribution in [0.2, 0.25) is 0 Å². The molecule has 0 aromatic carbocycles. The van der Waals surface area contributed by atoms with Gasteiger partial charge in [-0.05, 0) is 43.7 Å². The zero-order valence-electron chi connectivity index (χ0n) is 21.6. The Hall–Kier alpha value is -2.78. The molecule has 3 rings (SSSR count). The smallest absolute Gasteiger partial charge is 0.371 e. The van der Waals surface area contributed by atoms with Gasteiger partial charge in [-0.1, -0.05) is 13.8 Å². The van der Waals surface area contributed by atoms with Crippen LogP contribution >= 0.6 is 11.8 Å². The molecule has 1 aliphatic heterocycles. The molecule has 3 unspecified atom stereocenters. The van der Waals surface area contributed by atoms with Gasteiger partial charge in [-0.15, -0.1) is 11.8 Å². The van der Waals surface area contributed by atoms with E-state index < -0.39 is 24.5 Å². The number of carbonyl (C=O) groups is 1. The van der Waals surface area contributed by atoms with Gasteiger partial charge in [0, 0.05) is 48.4 Å². The number of nitrogens with zero attached hydrogens (tertiary/aromatic N) is 3. The predicted octanol–water partition coefficient (Wildman–Crippen LogP) is 3.04. The van der Waals surface area contributed by atoms with Crippen molar-refractivity contribution in [2.24, 2.45) is 10.9 Å². The lowest BCUT2D eigenvalue weighted by molar-refractivity contribution is -0.141. The summed E-state index contributed by atoms with van der Waals surface area (Å²) in [6.07, 6.45) is -2.66. The number of urea groups is 1. The number of hydrogen-bond acceptors (Lipinski definition) is 9. The van der Waals surface area contributed by atoms with E-state index in [2.05, 4.69) is 55.6 Å². The molecule has 0 bridgehead atoms. The number of halogens is 3. The maximum absolute atomic E-state index is 13.3. The van der Waals surface area contributed by atoms with Crippen molar-refractivity contribution in [3.05, 3.63) is 41.9 Å². The molecule has 0 fully saturated rings. The topological polar surface area (TPSA) is 136 Å². The van der Waals surface area contributed by atoms with Crippen molar-refractivity contribution >= 4 is 28.7 Å². The number of thioether (sulfide) groups is 1. The molecule has 0 radical (unpaired) electrons. The number of likely N-dealkylation sites (N-methyl/N-ethyl adjacent to an activating group) is 1. The number of nitrogens with one attached hydrogen (secondary N) is 5. The Morgan fingerprint density at radius 1 is 1.24 bits per heavy atom. The average Bonchev–Trinajstić information content (AvgIpc) is 3.37. The fraction of sp³-hybridized carbons (Fsp3) is 0.500. The van der Waals surface area contributed by atoms with Crippen LogP contribution in [0.25, 0.3) is 11.1 Å². The molecule has 0 spiro atoms. The number of anilines is 1. The predicted molar refractivity (Wildman–Crippen MR) is 143 cm³/mol. The second kappa shape index (κ2) is 13.3. The number of aromatic nitrogens is 2. The Morgan fingerprint density at radius 3 is 2.63 bits per heavy atom. The zero-order chi connectivity index (χ0) is 27.9. The van der Waals surface area contributed by atoms with E-state index in [0.717, 1.165) is 11.8 Å². The van der Waals surface area contributed by atoms with Gasteiger partial charge in [0.15, 0.2) is 12.3 Å². The third-order valence-corrected chi connectivity index (χ3v) is 6.93. The summed E-state index contributed by atoms with van der Waals surface area (Å²) in [4.78, 5) is 24.4. The maximum Gasteiger partial charge on any atom is 0.411 e. The lowest BCUT2D eigenvalue weighted by Crippen LogP contribution is -2.46. The maximum atomic E-state index is 13.3. The van der Waals surface area contributed by atoms with Crippen molar-refractivity contribution in [1.82, 2.24) is 31.5 Å².